The van der Waals surface area contributed by atoms with E-state index in [1.807, 2.05) is 20.8 Å². The summed E-state index contributed by atoms with van der Waals surface area (Å²) in [4.78, 5) is 191. The van der Waals surface area contributed by atoms with E-state index in [0.717, 1.165) is 48.0 Å². The minimum absolute atomic E-state index is 0.0283. The van der Waals surface area contributed by atoms with Gasteiger partial charge >= 0.3 is 183 Å². The van der Waals surface area contributed by atoms with Crippen molar-refractivity contribution in [1.29, 1.82) is 0 Å². The third-order valence-corrected chi connectivity index (χ3v) is 25.7. The van der Waals surface area contributed by atoms with Crippen LogP contribution in [0.15, 0.2) is 29.5 Å². The Morgan fingerprint density at radius 2 is 1.38 bits per heavy atom. The Bertz CT molecular complexity index is 3330. The minimum atomic E-state index is -4.61. The van der Waals surface area contributed by atoms with Crippen LogP contribution in [0.5, 0.6) is 0 Å². The molecule has 568 valence electrons. The number of carbonyl (C=O) groups excluding carboxylic acids is 12. The molecule has 102 heavy (non-hydrogen) atoms. The molecule has 0 radical (unpaired) electrons. The molecule has 5 heterocycles. The number of aryl methyl sites for hydroxylation is 1. The quantitative estimate of drug-likeness (QED) is 0.162. The minimum Gasteiger partial charge on any atom is -0.332 e. The van der Waals surface area contributed by atoms with E-state index in [1.165, 1.54) is 95.6 Å². The summed E-state index contributed by atoms with van der Waals surface area (Å²) in [7, 11) is 8.47. The molecule has 0 unspecified atom stereocenters. The fourth-order valence-corrected chi connectivity index (χ4v) is 17.7. The molecule has 2 aliphatic carbocycles. The summed E-state index contributed by atoms with van der Waals surface area (Å²) in [5.41, 5.74) is -1.48. The number of halogens is 4. The van der Waals surface area contributed by atoms with Crippen LogP contribution in [0.1, 0.15) is 180 Å². The van der Waals surface area contributed by atoms with Gasteiger partial charge in [0, 0.05) is 55.4 Å². The van der Waals surface area contributed by atoms with Gasteiger partial charge in [0.25, 0.3) is 11.8 Å². The second kappa shape index (κ2) is 34.8. The fraction of sp³-hybridized carbons (Fsp3) is 0.726. The zero-order valence-corrected chi connectivity index (χ0v) is 64.0. The zero-order chi connectivity index (χ0) is 75.0. The molecular formula is C73H109F3IN12O13-. The van der Waals surface area contributed by atoms with Gasteiger partial charge in [0.2, 0.25) is 41.4 Å². The van der Waals surface area contributed by atoms with Crippen molar-refractivity contribution >= 4 is 70.9 Å². The van der Waals surface area contributed by atoms with Crippen molar-refractivity contribution in [3.05, 3.63) is 46.2 Å². The third kappa shape index (κ3) is 18.4. The number of hydrogen-bond acceptors (Lipinski definition) is 13. The number of ether oxygens (including phenoxy) is 1. The smallest absolute Gasteiger partial charge is 0.332 e. The Morgan fingerprint density at radius 3 is 1.96 bits per heavy atom. The Hall–Kier alpha value is -6.92. The van der Waals surface area contributed by atoms with Crippen molar-refractivity contribution in [2.75, 3.05) is 90.7 Å². The van der Waals surface area contributed by atoms with E-state index in [-0.39, 0.29) is 135 Å². The normalized spacial score (nSPS) is 27.5. The first kappa shape index (κ1) is 80.8. The van der Waals surface area contributed by atoms with Crippen LogP contribution in [0.3, 0.4) is 0 Å². The number of carbonyl (C=O) groups is 12. The van der Waals surface area contributed by atoms with Gasteiger partial charge in [0.1, 0.15) is 54.2 Å². The first-order chi connectivity index (χ1) is 48.1. The molecule has 0 bridgehead atoms. The van der Waals surface area contributed by atoms with Crippen molar-refractivity contribution in [3.8, 4) is 0 Å². The molecule has 0 aromatic heterocycles. The van der Waals surface area contributed by atoms with Crippen molar-refractivity contribution in [3.63, 3.8) is 0 Å². The Balaban J connectivity index is 1.17. The first-order valence-electron chi connectivity index (χ1n) is 36.5. The van der Waals surface area contributed by atoms with Gasteiger partial charge < -0.3 is 49.7 Å². The zero-order valence-electron chi connectivity index (χ0n) is 61.9. The molecule has 7 fully saturated rings. The molecule has 9 atom stereocenters. The predicted molar refractivity (Wildman–Crippen MR) is 368 cm³/mol. The van der Waals surface area contributed by atoms with E-state index >= 15 is 24.0 Å². The van der Waals surface area contributed by atoms with Crippen LogP contribution in [-0.2, 0) is 74.9 Å². The Labute approximate surface area is 609 Å². The number of alkyl halides is 5. The van der Waals surface area contributed by atoms with Gasteiger partial charge in [-0.2, -0.15) is 0 Å². The summed E-state index contributed by atoms with van der Waals surface area (Å²) in [5, 5.41) is 8.79. The van der Waals surface area contributed by atoms with Crippen LogP contribution < -0.4 is 37.2 Å². The van der Waals surface area contributed by atoms with Crippen molar-refractivity contribution in [2.45, 2.75) is 230 Å². The second-order valence-electron chi connectivity index (χ2n) is 30.1. The molecule has 2 saturated carbocycles. The van der Waals surface area contributed by atoms with Crippen molar-refractivity contribution in [1.82, 2.24) is 60.0 Å². The van der Waals surface area contributed by atoms with Crippen LogP contribution in [0.25, 0.3) is 0 Å². The number of hydrogen-bond donors (Lipinski definition) is 3. The Kier molecular flexibility index (Phi) is 27.5. The second-order valence-corrected chi connectivity index (χ2v) is 33.0. The van der Waals surface area contributed by atoms with Gasteiger partial charge in [-0.1, -0.05) is 79.1 Å². The van der Waals surface area contributed by atoms with E-state index in [1.54, 1.807) is 20.8 Å². The number of nitrogens with zero attached hydrogens (tertiary/aromatic N) is 9. The van der Waals surface area contributed by atoms with Crippen LogP contribution in [0, 0.1) is 17.8 Å². The number of nitrogens with one attached hydrogen (secondary N) is 3. The summed E-state index contributed by atoms with van der Waals surface area (Å²) < 4.78 is 50.3. The molecule has 5 saturated heterocycles. The van der Waals surface area contributed by atoms with Gasteiger partial charge in [0.05, 0.1) is 13.0 Å². The predicted octanol–water partition coefficient (Wildman–Crippen LogP) is 1.64. The van der Waals surface area contributed by atoms with Gasteiger partial charge in [-0.15, -0.1) is 0 Å². The molecular weight excluding hydrogens is 1440 g/mol. The van der Waals surface area contributed by atoms with E-state index in [9.17, 15) is 46.7 Å². The van der Waals surface area contributed by atoms with Gasteiger partial charge in [0.15, 0.2) is 0 Å². The molecule has 7 aliphatic rings. The number of likely N-dealkylation sites (N-methyl/N-ethyl adjacent to an activating group) is 6. The standard InChI is InChI=1S/C73H109F3IN12O13/c1-14-45(6)60-69(99)82(9)46(7)64(94)89-32-28-54(89)67(97)84(11)56(37-47-21-16-15-17-22-47)66(96)81(8)41-58(90)78-52(27-25-48-24-26-51(73(74,75)76)50(36-48)49-39-77-40-49)65(95)88-31-20-23-53(88)63(93)80-72(29-18-19-30-72)71(101)86(13)61(44(4)5)70(100)85(12)57(68(98)87-33-34-102-42-87)38-59(91)83(10)55(35-43(2)3)62(92)79-60/h24,26,36,43,45-47,49,52-57,60H,14-23,25,27-35,37-42H2,1-13H3,(H,78,90)(H,79,92)(H,80,93)/q-1/t45-,46-,52-,53-,54-,55-,56-,57-,60-/m0/s1. The molecule has 25 nitrogen and oxygen atoms in total. The Morgan fingerprint density at radius 1 is 0.716 bits per heavy atom. The van der Waals surface area contributed by atoms with Gasteiger partial charge in [-0.05, 0) is 76.2 Å². The number of allylic oxidation sites excluding steroid dienone is 1. The number of rotatable bonds is 11. The van der Waals surface area contributed by atoms with Crippen LogP contribution in [0.2, 0.25) is 0 Å². The van der Waals surface area contributed by atoms with Gasteiger partial charge in [-0.3, -0.25) is 47.9 Å². The summed E-state index contributed by atoms with van der Waals surface area (Å²) in [6.07, 6.45) is 1.77. The summed E-state index contributed by atoms with van der Waals surface area (Å²) >= 11 is -0.217. The van der Waals surface area contributed by atoms with Crippen molar-refractivity contribution in [2.24, 2.45) is 17.8 Å². The summed E-state index contributed by atoms with van der Waals surface area (Å²) in [6.45, 7) is 11.8. The number of amides is 12. The molecule has 29 heteroatoms. The van der Waals surface area contributed by atoms with E-state index < -0.39 is 155 Å². The van der Waals surface area contributed by atoms with E-state index in [2.05, 4.69) is 16.0 Å². The third-order valence-electron chi connectivity index (χ3n) is 22.3. The fourth-order valence-electron chi connectivity index (χ4n) is 15.5. The molecule has 1 spiro atoms. The average Bonchev–Trinajstić information content (AvgIpc) is 1.28. The van der Waals surface area contributed by atoms with Crippen LogP contribution >= 0.6 is 0 Å². The SMILES string of the molecule is CC[C@H](C)[C@@H]1NC(=O)[C@H](CC(C)C)N(C)C(=O)C[C@@H](C(=O)N2CCOC2)N(C)C(=O)C(=C(C)C)N(C)C(=O)C2(CCCC2)NC(=O)[C@@H]2CCCN2C(=O)[C@H](CCc2ccc(C(F)(F)F)c(C3C[I-]C3)c2)NC(=O)CN(C)C(=O)[C@H](CC2CCCCC2)N(C)C(=O)[C@@H]2CCN2C(=O)[C@H](C)N(C)C1=O. The monoisotopic (exact) mass is 1550 g/mol. The van der Waals surface area contributed by atoms with E-state index in [4.69, 9.17) is 4.74 Å². The van der Waals surface area contributed by atoms with Gasteiger partial charge in [-0.25, -0.2) is 0 Å². The molecule has 8 rings (SSSR count). The molecule has 1 aromatic carbocycles. The maximum absolute atomic E-state index is 15.4. The molecule has 3 N–H and O–H groups in total. The number of fused-ring (bicyclic) bond motifs is 2. The molecule has 5 aliphatic heterocycles. The molecule has 1 aromatic rings. The number of benzene rings is 1. The van der Waals surface area contributed by atoms with Crippen LogP contribution in [0.4, 0.5) is 13.2 Å². The average molecular weight is 1550 g/mol. The van der Waals surface area contributed by atoms with Crippen molar-refractivity contribution < 1.29 is 96.6 Å². The summed E-state index contributed by atoms with van der Waals surface area (Å²) in [5.74, 6) is -8.91. The van der Waals surface area contributed by atoms with Crippen LogP contribution in [-0.4, -0.2) is 260 Å². The first-order valence-corrected chi connectivity index (χ1v) is 39.6. The summed E-state index contributed by atoms with van der Waals surface area (Å²) in [6, 6.07) is -5.89. The maximum atomic E-state index is 15.4. The van der Waals surface area contributed by atoms with E-state index in [0.29, 0.717) is 45.7 Å². The molecule has 12 amide bonds. The topological polar surface area (TPSA) is 279 Å².